The van der Waals surface area contributed by atoms with Gasteiger partial charge in [0.25, 0.3) is 0 Å². The van der Waals surface area contributed by atoms with Gasteiger partial charge in [-0.1, -0.05) is 29.8 Å². The van der Waals surface area contributed by atoms with Gasteiger partial charge in [0.05, 0.1) is 5.92 Å². The average molecular weight is 340 g/mol. The molecule has 2 aromatic carbocycles. The monoisotopic (exact) mass is 340 g/mol. The Bertz CT molecular complexity index is 848. The first-order valence-corrected chi connectivity index (χ1v) is 8.25. The molecule has 0 fully saturated rings. The maximum Gasteiger partial charge on any atom is 0.230 e. The molecule has 25 heavy (non-hydrogen) atoms. The summed E-state index contributed by atoms with van der Waals surface area (Å²) in [5.74, 6) is -1.42. The van der Waals surface area contributed by atoms with Gasteiger partial charge in [0, 0.05) is 25.7 Å². The fourth-order valence-corrected chi connectivity index (χ4v) is 3.28. The maximum atomic E-state index is 13.4. The number of amides is 2. The number of likely N-dealkylation sites (N-methyl/N-ethyl adjacent to an activating group) is 1. The van der Waals surface area contributed by atoms with Gasteiger partial charge in [-0.3, -0.25) is 9.59 Å². The molecule has 0 saturated carbocycles. The van der Waals surface area contributed by atoms with Crippen molar-refractivity contribution >= 4 is 17.5 Å². The molecule has 5 heteroatoms. The Balaban J connectivity index is 1.84. The molecule has 4 nitrogen and oxygen atoms in total. The highest BCUT2D eigenvalue weighted by atomic mass is 19.1. The molecule has 1 unspecified atom stereocenters. The molecule has 0 spiro atoms. The van der Waals surface area contributed by atoms with Crippen molar-refractivity contribution in [2.75, 3.05) is 12.4 Å². The topological polar surface area (TPSA) is 49.4 Å². The van der Waals surface area contributed by atoms with Crippen molar-refractivity contribution in [3.63, 3.8) is 0 Å². The molecule has 1 N–H and O–H groups in total. The molecule has 130 valence electrons. The molecule has 2 amide bonds. The zero-order valence-corrected chi connectivity index (χ0v) is 14.6. The Kier molecular flexibility index (Phi) is 4.57. The fourth-order valence-electron chi connectivity index (χ4n) is 3.28. The average Bonchev–Trinajstić information content (AvgIpc) is 2.55. The van der Waals surface area contributed by atoms with Gasteiger partial charge < -0.3 is 10.2 Å². The first kappa shape index (κ1) is 17.1. The number of carbonyl (C=O) groups excluding carboxylic acids is 2. The Morgan fingerprint density at radius 1 is 1.24 bits per heavy atom. The first-order valence-electron chi connectivity index (χ1n) is 8.25. The zero-order valence-electron chi connectivity index (χ0n) is 14.6. The number of anilines is 1. The number of halogens is 1. The summed E-state index contributed by atoms with van der Waals surface area (Å²) in [5, 5.41) is 2.64. The summed E-state index contributed by atoms with van der Waals surface area (Å²) >= 11 is 0. The zero-order chi connectivity index (χ0) is 18.1. The number of aryl methyl sites for hydroxylation is 2. The van der Waals surface area contributed by atoms with Crippen molar-refractivity contribution in [1.82, 2.24) is 4.90 Å². The van der Waals surface area contributed by atoms with E-state index in [1.807, 2.05) is 26.0 Å². The second-order valence-electron chi connectivity index (χ2n) is 6.66. The van der Waals surface area contributed by atoms with Crippen LogP contribution in [0.4, 0.5) is 10.1 Å². The van der Waals surface area contributed by atoms with E-state index in [0.717, 1.165) is 11.1 Å². The smallest absolute Gasteiger partial charge is 0.230 e. The summed E-state index contributed by atoms with van der Waals surface area (Å²) in [5.41, 5.74) is 4.42. The largest absolute Gasteiger partial charge is 0.341 e. The molecule has 0 aliphatic carbocycles. The summed E-state index contributed by atoms with van der Waals surface area (Å²) in [6, 6.07) is 10.3. The van der Waals surface area contributed by atoms with Crippen molar-refractivity contribution < 1.29 is 14.0 Å². The van der Waals surface area contributed by atoms with Gasteiger partial charge >= 0.3 is 0 Å². The van der Waals surface area contributed by atoms with Crippen LogP contribution in [0.25, 0.3) is 0 Å². The van der Waals surface area contributed by atoms with Crippen LogP contribution in [0.5, 0.6) is 0 Å². The molecule has 1 aliphatic rings. The molecule has 2 aromatic rings. The highest BCUT2D eigenvalue weighted by molar-refractivity contribution is 6.01. The quantitative estimate of drug-likeness (QED) is 0.929. The maximum absolute atomic E-state index is 13.4. The van der Waals surface area contributed by atoms with Gasteiger partial charge in [0.15, 0.2) is 0 Å². The minimum Gasteiger partial charge on any atom is -0.341 e. The summed E-state index contributed by atoms with van der Waals surface area (Å²) < 4.78 is 13.4. The molecule has 0 aromatic heterocycles. The van der Waals surface area contributed by atoms with Crippen LogP contribution >= 0.6 is 0 Å². The van der Waals surface area contributed by atoms with E-state index in [0.29, 0.717) is 17.8 Å². The lowest BCUT2D eigenvalue weighted by molar-refractivity contribution is -0.134. The lowest BCUT2D eigenvalue weighted by Crippen LogP contribution is -2.36. The van der Waals surface area contributed by atoms with Crippen LogP contribution in [-0.2, 0) is 16.1 Å². The standard InChI is InChI=1S/C20H21FN2O2/c1-12-4-5-14(13(2)8-12)11-23(3)20(25)17-10-19(24)22-18-9-15(21)6-7-16(17)18/h4-9,17H,10-11H2,1-3H3,(H,22,24). The second kappa shape index (κ2) is 6.67. The normalized spacial score (nSPS) is 16.2. The van der Waals surface area contributed by atoms with E-state index in [-0.39, 0.29) is 18.2 Å². The van der Waals surface area contributed by atoms with Crippen molar-refractivity contribution in [2.24, 2.45) is 0 Å². The molecular weight excluding hydrogens is 319 g/mol. The summed E-state index contributed by atoms with van der Waals surface area (Å²) in [4.78, 5) is 26.5. The third-order valence-corrected chi connectivity index (χ3v) is 4.63. The van der Waals surface area contributed by atoms with Crippen LogP contribution in [-0.4, -0.2) is 23.8 Å². The minimum absolute atomic E-state index is 0.0781. The van der Waals surface area contributed by atoms with Crippen LogP contribution < -0.4 is 5.32 Å². The third kappa shape index (κ3) is 3.55. The van der Waals surface area contributed by atoms with Crippen LogP contribution in [0.3, 0.4) is 0 Å². The van der Waals surface area contributed by atoms with E-state index in [1.165, 1.54) is 17.7 Å². The minimum atomic E-state index is -0.583. The van der Waals surface area contributed by atoms with Gasteiger partial charge in [-0.05, 0) is 42.7 Å². The predicted molar refractivity (Wildman–Crippen MR) is 94.8 cm³/mol. The SMILES string of the molecule is Cc1ccc(CN(C)C(=O)C2CC(=O)Nc3cc(F)ccc32)c(C)c1. The van der Waals surface area contributed by atoms with Gasteiger partial charge in [-0.2, -0.15) is 0 Å². The number of carbonyl (C=O) groups is 2. The summed E-state index contributed by atoms with van der Waals surface area (Å²) in [6.45, 7) is 4.52. The van der Waals surface area contributed by atoms with Crippen molar-refractivity contribution in [3.8, 4) is 0 Å². The first-order chi connectivity index (χ1) is 11.8. The summed E-state index contributed by atoms with van der Waals surface area (Å²) in [7, 11) is 1.73. The van der Waals surface area contributed by atoms with Crippen molar-refractivity contribution in [3.05, 3.63) is 64.5 Å². The molecule has 1 aliphatic heterocycles. The number of fused-ring (bicyclic) bond motifs is 1. The molecular formula is C20H21FN2O2. The van der Waals surface area contributed by atoms with E-state index in [2.05, 4.69) is 11.4 Å². The van der Waals surface area contributed by atoms with E-state index in [4.69, 9.17) is 0 Å². The summed E-state index contributed by atoms with van der Waals surface area (Å²) in [6.07, 6.45) is 0.0781. The molecule has 1 heterocycles. The van der Waals surface area contributed by atoms with Crippen molar-refractivity contribution in [1.29, 1.82) is 0 Å². The predicted octanol–water partition coefficient (Wildman–Crippen LogP) is 3.53. The molecule has 0 bridgehead atoms. The number of hydrogen-bond acceptors (Lipinski definition) is 2. The number of rotatable bonds is 3. The molecule has 0 saturated heterocycles. The number of benzene rings is 2. The number of hydrogen-bond donors (Lipinski definition) is 1. The molecule has 0 radical (unpaired) electrons. The highest BCUT2D eigenvalue weighted by Gasteiger charge is 2.32. The van der Waals surface area contributed by atoms with Crippen LogP contribution in [0.1, 0.15) is 34.6 Å². The van der Waals surface area contributed by atoms with E-state index in [9.17, 15) is 14.0 Å². The van der Waals surface area contributed by atoms with Crippen LogP contribution in [0.15, 0.2) is 36.4 Å². The lowest BCUT2D eigenvalue weighted by atomic mass is 9.89. The lowest BCUT2D eigenvalue weighted by Gasteiger charge is -2.29. The fraction of sp³-hybridized carbons (Fsp3) is 0.300. The van der Waals surface area contributed by atoms with Gasteiger partial charge in [0.2, 0.25) is 11.8 Å². The van der Waals surface area contributed by atoms with Crippen molar-refractivity contribution in [2.45, 2.75) is 32.7 Å². The Labute approximate surface area is 146 Å². The Morgan fingerprint density at radius 2 is 2.00 bits per heavy atom. The van der Waals surface area contributed by atoms with E-state index < -0.39 is 11.7 Å². The Morgan fingerprint density at radius 3 is 2.72 bits per heavy atom. The molecule has 3 rings (SSSR count). The van der Waals surface area contributed by atoms with Crippen LogP contribution in [0.2, 0.25) is 0 Å². The van der Waals surface area contributed by atoms with Gasteiger partial charge in [-0.15, -0.1) is 0 Å². The highest BCUT2D eigenvalue weighted by Crippen LogP contribution is 2.34. The van der Waals surface area contributed by atoms with E-state index in [1.54, 1.807) is 18.0 Å². The van der Waals surface area contributed by atoms with Gasteiger partial charge in [0.1, 0.15) is 5.82 Å². The number of nitrogens with one attached hydrogen (secondary N) is 1. The Hall–Kier alpha value is -2.69. The second-order valence-corrected chi connectivity index (χ2v) is 6.66. The molecule has 1 atom stereocenters. The number of nitrogens with zero attached hydrogens (tertiary/aromatic N) is 1. The van der Waals surface area contributed by atoms with Crippen LogP contribution in [0, 0.1) is 19.7 Å². The third-order valence-electron chi connectivity index (χ3n) is 4.63. The van der Waals surface area contributed by atoms with Gasteiger partial charge in [-0.25, -0.2) is 4.39 Å². The van der Waals surface area contributed by atoms with E-state index >= 15 is 0 Å².